The molecule has 5 nitrogen and oxygen atoms in total. The van der Waals surface area contributed by atoms with Crippen LogP contribution in [0, 0.1) is 0 Å². The van der Waals surface area contributed by atoms with E-state index in [0.29, 0.717) is 10.8 Å². The highest BCUT2D eigenvalue weighted by molar-refractivity contribution is 7.92. The Kier molecular flexibility index (Phi) is 4.22. The summed E-state index contributed by atoms with van der Waals surface area (Å²) in [6, 6.07) is 0. The van der Waals surface area contributed by atoms with Gasteiger partial charge in [0.15, 0.2) is 9.84 Å². The fraction of sp³-hybridized carbons (Fsp3) is 0.556. The monoisotopic (exact) mass is 297 g/mol. The maximum Gasteiger partial charge on any atom is 0.224 e. The molecule has 0 amide bonds. The second-order valence-corrected chi connectivity index (χ2v) is 7.62. The third kappa shape index (κ3) is 3.69. The third-order valence-electron chi connectivity index (χ3n) is 2.40. The Bertz CT molecular complexity index is 517. The Labute approximate surface area is 110 Å². The molecule has 0 aliphatic heterocycles. The normalized spacial score (nSPS) is 12.5. The summed E-state index contributed by atoms with van der Waals surface area (Å²) < 4.78 is 22.1. The molecule has 0 atom stereocenters. The molecular weight excluding hydrogens is 285 g/mol. The van der Waals surface area contributed by atoms with E-state index in [1.165, 1.54) is 12.5 Å². The zero-order valence-electron chi connectivity index (χ0n) is 9.66. The van der Waals surface area contributed by atoms with Crippen LogP contribution in [0.3, 0.4) is 0 Å². The van der Waals surface area contributed by atoms with Gasteiger partial charge in [0, 0.05) is 12.8 Å². The first-order valence-corrected chi connectivity index (χ1v) is 7.40. The molecule has 0 spiro atoms. The van der Waals surface area contributed by atoms with Gasteiger partial charge in [-0.1, -0.05) is 11.6 Å². The van der Waals surface area contributed by atoms with Gasteiger partial charge in [0.25, 0.3) is 0 Å². The van der Waals surface area contributed by atoms with Crippen LogP contribution >= 0.6 is 23.2 Å². The minimum atomic E-state index is -3.18. The van der Waals surface area contributed by atoms with Gasteiger partial charge in [-0.3, -0.25) is 0 Å². The number of nitrogens with one attached hydrogen (secondary N) is 1. The van der Waals surface area contributed by atoms with Crippen LogP contribution in [0.15, 0.2) is 6.20 Å². The van der Waals surface area contributed by atoms with E-state index in [-0.39, 0.29) is 11.8 Å². The lowest BCUT2D eigenvalue weighted by Crippen LogP contribution is -2.38. The lowest BCUT2D eigenvalue weighted by atomic mass is 10.2. The molecule has 0 bridgehead atoms. The molecule has 0 saturated carbocycles. The molecular formula is C9H13Cl2N3O2S. The van der Waals surface area contributed by atoms with Crippen LogP contribution in [0.2, 0.25) is 10.3 Å². The molecule has 96 valence electrons. The minimum absolute atomic E-state index is 0.0501. The van der Waals surface area contributed by atoms with E-state index in [9.17, 15) is 8.42 Å². The van der Waals surface area contributed by atoms with Crippen molar-refractivity contribution in [3.8, 4) is 0 Å². The Morgan fingerprint density at radius 1 is 1.41 bits per heavy atom. The first kappa shape index (κ1) is 14.5. The molecule has 0 fully saturated rings. The molecule has 0 saturated heterocycles. The van der Waals surface area contributed by atoms with Gasteiger partial charge in [-0.05, 0) is 25.4 Å². The van der Waals surface area contributed by atoms with Crippen LogP contribution in [0.1, 0.15) is 13.8 Å². The second-order valence-electron chi connectivity index (χ2n) is 4.22. The standard InChI is InChI=1S/C9H13Cl2N3O2S/c1-9(2,17(3,15)16)5-13-7-6(10)4-12-8(11)14-7/h4H,5H2,1-3H3,(H,12,13,14). The van der Waals surface area contributed by atoms with Crippen molar-refractivity contribution < 1.29 is 8.42 Å². The fourth-order valence-electron chi connectivity index (χ4n) is 0.897. The zero-order valence-corrected chi connectivity index (χ0v) is 12.0. The van der Waals surface area contributed by atoms with Crippen molar-refractivity contribution in [2.24, 2.45) is 0 Å². The molecule has 0 aliphatic carbocycles. The summed E-state index contributed by atoms with van der Waals surface area (Å²) in [5, 5.41) is 3.19. The molecule has 0 aromatic carbocycles. The lowest BCUT2D eigenvalue weighted by Gasteiger charge is -2.23. The Morgan fingerprint density at radius 3 is 2.53 bits per heavy atom. The van der Waals surface area contributed by atoms with E-state index in [2.05, 4.69) is 15.3 Å². The van der Waals surface area contributed by atoms with Crippen molar-refractivity contribution >= 4 is 38.9 Å². The summed E-state index contributed by atoms with van der Waals surface area (Å²) in [5.74, 6) is 0.323. The Balaban J connectivity index is 2.84. The summed E-state index contributed by atoms with van der Waals surface area (Å²) in [4.78, 5) is 7.57. The molecule has 0 unspecified atom stereocenters. The van der Waals surface area contributed by atoms with Crippen molar-refractivity contribution in [1.29, 1.82) is 0 Å². The van der Waals surface area contributed by atoms with Crippen molar-refractivity contribution in [2.75, 3.05) is 18.1 Å². The predicted octanol–water partition coefficient (Wildman–Crippen LogP) is 2.02. The van der Waals surface area contributed by atoms with Crippen LogP contribution in [-0.2, 0) is 9.84 Å². The fourth-order valence-corrected chi connectivity index (χ4v) is 1.52. The first-order chi connectivity index (χ1) is 7.63. The maximum atomic E-state index is 11.5. The molecule has 0 aliphatic rings. The van der Waals surface area contributed by atoms with Gasteiger partial charge < -0.3 is 5.32 Å². The van der Waals surface area contributed by atoms with Crippen LogP contribution < -0.4 is 5.32 Å². The number of halogens is 2. The van der Waals surface area contributed by atoms with Crippen molar-refractivity contribution in [1.82, 2.24) is 9.97 Å². The third-order valence-corrected chi connectivity index (χ3v) is 5.01. The van der Waals surface area contributed by atoms with E-state index in [0.717, 1.165) is 0 Å². The highest BCUT2D eigenvalue weighted by Gasteiger charge is 2.30. The highest BCUT2D eigenvalue weighted by atomic mass is 35.5. The SMILES string of the molecule is CC(C)(CNc1nc(Cl)ncc1Cl)S(C)(=O)=O. The van der Waals surface area contributed by atoms with E-state index < -0.39 is 14.6 Å². The first-order valence-electron chi connectivity index (χ1n) is 4.75. The molecule has 8 heteroatoms. The number of hydrogen-bond acceptors (Lipinski definition) is 5. The van der Waals surface area contributed by atoms with Gasteiger partial charge in [-0.25, -0.2) is 13.4 Å². The molecule has 1 rings (SSSR count). The molecule has 1 N–H and O–H groups in total. The van der Waals surface area contributed by atoms with Crippen molar-refractivity contribution in [3.05, 3.63) is 16.5 Å². The summed E-state index contributed by atoms with van der Waals surface area (Å²) in [7, 11) is -3.18. The van der Waals surface area contributed by atoms with E-state index in [1.807, 2.05) is 0 Å². The summed E-state index contributed by atoms with van der Waals surface area (Å²) in [6.45, 7) is 3.41. The number of aromatic nitrogens is 2. The van der Waals surface area contributed by atoms with Crippen LogP contribution in [0.25, 0.3) is 0 Å². The smallest absolute Gasteiger partial charge is 0.224 e. The number of hydrogen-bond donors (Lipinski definition) is 1. The van der Waals surface area contributed by atoms with Gasteiger partial charge in [-0.2, -0.15) is 4.98 Å². The molecule has 17 heavy (non-hydrogen) atoms. The molecule has 1 aromatic rings. The van der Waals surface area contributed by atoms with Crippen LogP contribution in [0.5, 0.6) is 0 Å². The van der Waals surface area contributed by atoms with Gasteiger partial charge in [-0.15, -0.1) is 0 Å². The number of nitrogens with zero attached hydrogens (tertiary/aromatic N) is 2. The predicted molar refractivity (Wildman–Crippen MR) is 69.5 cm³/mol. The van der Waals surface area contributed by atoms with Gasteiger partial charge in [0.1, 0.15) is 10.8 Å². The van der Waals surface area contributed by atoms with E-state index in [4.69, 9.17) is 23.2 Å². The quantitative estimate of drug-likeness (QED) is 0.861. The van der Waals surface area contributed by atoms with Gasteiger partial charge in [0.05, 0.1) is 10.9 Å². The minimum Gasteiger partial charge on any atom is -0.367 e. The highest BCUT2D eigenvalue weighted by Crippen LogP contribution is 2.22. The van der Waals surface area contributed by atoms with Crippen molar-refractivity contribution in [2.45, 2.75) is 18.6 Å². The molecule has 1 aromatic heterocycles. The molecule has 0 radical (unpaired) electrons. The lowest BCUT2D eigenvalue weighted by molar-refractivity contribution is 0.559. The number of sulfone groups is 1. The summed E-state index contributed by atoms with van der Waals surface area (Å²) in [5.41, 5.74) is 0. The largest absolute Gasteiger partial charge is 0.367 e. The second kappa shape index (κ2) is 4.96. The number of rotatable bonds is 4. The Morgan fingerprint density at radius 2 is 2.00 bits per heavy atom. The number of anilines is 1. The van der Waals surface area contributed by atoms with E-state index in [1.54, 1.807) is 13.8 Å². The molecule has 1 heterocycles. The summed E-state index contributed by atoms with van der Waals surface area (Å²) in [6.07, 6.45) is 2.54. The average Bonchev–Trinajstić information content (AvgIpc) is 2.18. The topological polar surface area (TPSA) is 72.0 Å². The van der Waals surface area contributed by atoms with Gasteiger partial charge >= 0.3 is 0 Å². The van der Waals surface area contributed by atoms with Crippen LogP contribution in [0.4, 0.5) is 5.82 Å². The maximum absolute atomic E-state index is 11.5. The van der Waals surface area contributed by atoms with Crippen LogP contribution in [-0.4, -0.2) is 35.9 Å². The average molecular weight is 298 g/mol. The van der Waals surface area contributed by atoms with E-state index >= 15 is 0 Å². The van der Waals surface area contributed by atoms with Crippen molar-refractivity contribution in [3.63, 3.8) is 0 Å². The van der Waals surface area contributed by atoms with Gasteiger partial charge in [0.2, 0.25) is 5.28 Å². The Hall–Kier alpha value is -0.590. The summed E-state index contributed by atoms with van der Waals surface area (Å²) >= 11 is 11.5. The zero-order chi connectivity index (χ0) is 13.3.